The number of rotatable bonds is 1. The second-order valence-electron chi connectivity index (χ2n) is 2.46. The monoisotopic (exact) mass is 232 g/mol. The largest absolute Gasteiger partial charge is 0.115 e. The molecule has 0 bridgehead atoms. The topological polar surface area (TPSA) is 0 Å². The summed E-state index contributed by atoms with van der Waals surface area (Å²) in [5.74, 6) is 8.65. The number of hydrogen-bond acceptors (Lipinski definition) is 0. The molecular weight excluding hydrogens is 224 g/mol. The molecule has 0 aliphatic heterocycles. The maximum Gasteiger partial charge on any atom is 0.0246 e. The summed E-state index contributed by atoms with van der Waals surface area (Å²) in [6.45, 7) is 0. The third-order valence-corrected chi connectivity index (χ3v) is 1.90. The lowest BCUT2D eigenvalue weighted by molar-refractivity contribution is 1.32. The minimum absolute atomic E-state index is 0.872. The molecule has 1 aromatic rings. The lowest BCUT2D eigenvalue weighted by Crippen LogP contribution is -1.76. The van der Waals surface area contributed by atoms with Gasteiger partial charge in [0.2, 0.25) is 0 Å². The number of terminal acetylenes is 1. The van der Waals surface area contributed by atoms with Crippen LogP contribution in [0.5, 0.6) is 0 Å². The number of halogens is 1. The van der Waals surface area contributed by atoms with Gasteiger partial charge in [0.05, 0.1) is 0 Å². The first-order valence-corrected chi connectivity index (χ1v) is 5.10. The van der Waals surface area contributed by atoms with E-state index in [4.69, 9.17) is 6.42 Å². The zero-order valence-electron chi connectivity index (χ0n) is 7.18. The Labute approximate surface area is 87.5 Å². The average molecular weight is 233 g/mol. The standard InChI is InChI=1S/C12H9Br/c1-2-11-6-8-12(9-7-11)5-3-4-10-13/h1,6-9H,4,10H2. The predicted octanol–water partition coefficient (Wildman–Crippen LogP) is 2.80. The summed E-state index contributed by atoms with van der Waals surface area (Å²) in [7, 11) is 0. The van der Waals surface area contributed by atoms with Crippen molar-refractivity contribution in [2.45, 2.75) is 6.42 Å². The van der Waals surface area contributed by atoms with Crippen molar-refractivity contribution in [1.29, 1.82) is 0 Å². The van der Waals surface area contributed by atoms with Crippen molar-refractivity contribution < 1.29 is 0 Å². The number of alkyl halides is 1. The van der Waals surface area contributed by atoms with Gasteiger partial charge in [0.1, 0.15) is 0 Å². The van der Waals surface area contributed by atoms with Crippen LogP contribution in [0.4, 0.5) is 0 Å². The van der Waals surface area contributed by atoms with Crippen LogP contribution in [0.25, 0.3) is 0 Å². The molecule has 0 heterocycles. The third-order valence-electron chi connectivity index (χ3n) is 1.50. The number of hydrogen-bond donors (Lipinski definition) is 0. The molecule has 13 heavy (non-hydrogen) atoms. The molecule has 0 aliphatic rings. The first-order chi connectivity index (χ1) is 6.36. The fourth-order valence-corrected chi connectivity index (χ4v) is 1.06. The Hall–Kier alpha value is -1.18. The number of benzene rings is 1. The van der Waals surface area contributed by atoms with Gasteiger partial charge in [-0.3, -0.25) is 0 Å². The summed E-state index contributed by atoms with van der Waals surface area (Å²) in [6, 6.07) is 7.68. The van der Waals surface area contributed by atoms with Crippen molar-refractivity contribution in [3.05, 3.63) is 35.4 Å². The molecule has 0 fully saturated rings. The maximum absolute atomic E-state index is 5.23. The second-order valence-corrected chi connectivity index (χ2v) is 3.26. The molecule has 0 aromatic heterocycles. The Morgan fingerprint density at radius 1 is 1.15 bits per heavy atom. The highest BCUT2D eigenvalue weighted by Gasteiger charge is 1.86. The first-order valence-electron chi connectivity index (χ1n) is 3.98. The van der Waals surface area contributed by atoms with Gasteiger partial charge in [0.15, 0.2) is 0 Å². The van der Waals surface area contributed by atoms with Crippen molar-refractivity contribution in [2.75, 3.05) is 5.33 Å². The van der Waals surface area contributed by atoms with Crippen LogP contribution in [-0.2, 0) is 0 Å². The molecule has 0 N–H and O–H groups in total. The van der Waals surface area contributed by atoms with E-state index in [0.29, 0.717) is 0 Å². The molecule has 64 valence electrons. The van der Waals surface area contributed by atoms with Crippen molar-refractivity contribution in [3.63, 3.8) is 0 Å². The van der Waals surface area contributed by atoms with Crippen LogP contribution < -0.4 is 0 Å². The zero-order chi connectivity index (χ0) is 9.52. The minimum atomic E-state index is 0.872. The SMILES string of the molecule is C#Cc1ccc(C#CCCBr)cc1. The van der Waals surface area contributed by atoms with E-state index in [2.05, 4.69) is 33.7 Å². The van der Waals surface area contributed by atoms with E-state index >= 15 is 0 Å². The molecule has 0 spiro atoms. The Balaban J connectivity index is 2.72. The van der Waals surface area contributed by atoms with Gasteiger partial charge < -0.3 is 0 Å². The van der Waals surface area contributed by atoms with E-state index in [1.54, 1.807) is 0 Å². The van der Waals surface area contributed by atoms with Gasteiger partial charge in [-0.15, -0.1) is 6.42 Å². The molecule has 1 aromatic carbocycles. The normalized spacial score (nSPS) is 8.31. The van der Waals surface area contributed by atoms with Crippen LogP contribution in [0.2, 0.25) is 0 Å². The van der Waals surface area contributed by atoms with E-state index < -0.39 is 0 Å². The summed E-state index contributed by atoms with van der Waals surface area (Å²) in [6.07, 6.45) is 6.10. The highest BCUT2D eigenvalue weighted by molar-refractivity contribution is 9.09. The molecule has 0 saturated heterocycles. The zero-order valence-corrected chi connectivity index (χ0v) is 8.76. The van der Waals surface area contributed by atoms with Crippen LogP contribution in [-0.4, -0.2) is 5.33 Å². The summed E-state index contributed by atoms with van der Waals surface area (Å²) in [4.78, 5) is 0. The molecule has 0 saturated carbocycles. The van der Waals surface area contributed by atoms with Gasteiger partial charge in [-0.2, -0.15) is 0 Å². The van der Waals surface area contributed by atoms with Crippen LogP contribution >= 0.6 is 15.9 Å². The Bertz CT molecular complexity index is 357. The summed E-state index contributed by atoms with van der Waals surface area (Å²) >= 11 is 3.32. The molecule has 0 aliphatic carbocycles. The van der Waals surface area contributed by atoms with E-state index in [9.17, 15) is 0 Å². The smallest absolute Gasteiger partial charge is 0.0246 e. The van der Waals surface area contributed by atoms with Gasteiger partial charge in [-0.1, -0.05) is 33.7 Å². The van der Waals surface area contributed by atoms with Crippen molar-refractivity contribution in [1.82, 2.24) is 0 Å². The molecule has 1 heteroatoms. The molecular formula is C12H9Br. The van der Waals surface area contributed by atoms with Gasteiger partial charge in [-0.05, 0) is 24.3 Å². The van der Waals surface area contributed by atoms with Crippen LogP contribution in [0.1, 0.15) is 17.5 Å². The van der Waals surface area contributed by atoms with Gasteiger partial charge in [-0.25, -0.2) is 0 Å². The van der Waals surface area contributed by atoms with Crippen LogP contribution in [0.3, 0.4) is 0 Å². The fraction of sp³-hybridized carbons (Fsp3) is 0.167. The molecule has 0 nitrogen and oxygen atoms in total. The highest BCUT2D eigenvalue weighted by atomic mass is 79.9. The molecule has 1 rings (SSSR count). The van der Waals surface area contributed by atoms with Crippen molar-refractivity contribution >= 4 is 15.9 Å². The Morgan fingerprint density at radius 2 is 1.77 bits per heavy atom. The van der Waals surface area contributed by atoms with Gasteiger partial charge >= 0.3 is 0 Å². The Morgan fingerprint density at radius 3 is 2.31 bits per heavy atom. The fourth-order valence-electron chi connectivity index (χ4n) is 0.862. The van der Waals surface area contributed by atoms with Crippen LogP contribution in [0.15, 0.2) is 24.3 Å². The summed E-state index contributed by atoms with van der Waals surface area (Å²) < 4.78 is 0. The quantitative estimate of drug-likeness (QED) is 0.516. The lowest BCUT2D eigenvalue weighted by Gasteiger charge is -1.90. The third kappa shape index (κ3) is 3.36. The summed E-state index contributed by atoms with van der Waals surface area (Å²) in [5.41, 5.74) is 1.91. The summed E-state index contributed by atoms with van der Waals surface area (Å²) in [5, 5.41) is 0.919. The molecule has 0 amide bonds. The molecule has 0 atom stereocenters. The molecule has 0 radical (unpaired) electrons. The average Bonchev–Trinajstić information content (AvgIpc) is 2.19. The van der Waals surface area contributed by atoms with Gasteiger partial charge in [0.25, 0.3) is 0 Å². The first kappa shape index (κ1) is 9.90. The maximum atomic E-state index is 5.23. The van der Waals surface area contributed by atoms with Gasteiger partial charge in [0, 0.05) is 22.9 Å². The van der Waals surface area contributed by atoms with Crippen molar-refractivity contribution in [3.8, 4) is 24.2 Å². The highest BCUT2D eigenvalue weighted by Crippen LogP contribution is 2.01. The molecule has 0 unspecified atom stereocenters. The second kappa shape index (κ2) is 5.46. The van der Waals surface area contributed by atoms with E-state index in [1.807, 2.05) is 24.3 Å². The Kier molecular flexibility index (Phi) is 4.16. The van der Waals surface area contributed by atoms with Crippen molar-refractivity contribution in [2.24, 2.45) is 0 Å². The lowest BCUT2D eigenvalue weighted by atomic mass is 10.1. The van der Waals surface area contributed by atoms with E-state index in [0.717, 1.165) is 22.9 Å². The van der Waals surface area contributed by atoms with Crippen LogP contribution in [0, 0.1) is 24.2 Å². The van der Waals surface area contributed by atoms with E-state index in [1.165, 1.54) is 0 Å². The minimum Gasteiger partial charge on any atom is -0.115 e. The predicted molar refractivity (Wildman–Crippen MR) is 59.7 cm³/mol. The van der Waals surface area contributed by atoms with E-state index in [-0.39, 0.29) is 0 Å².